The van der Waals surface area contributed by atoms with Crippen LogP contribution in [0.1, 0.15) is 33.2 Å². The molecule has 0 unspecified atom stereocenters. The van der Waals surface area contributed by atoms with Crippen molar-refractivity contribution >= 4 is 23.2 Å². The molecule has 1 aromatic heterocycles. The molecule has 2 amide bonds. The monoisotopic (exact) mass is 485 g/mol. The van der Waals surface area contributed by atoms with Gasteiger partial charge in [-0.15, -0.1) is 0 Å². The molecule has 2 N–H and O–H groups in total. The maximum absolute atomic E-state index is 13.4. The molecule has 182 valence electrons. The predicted octanol–water partition coefficient (Wildman–Crippen LogP) is 5.70. The van der Waals surface area contributed by atoms with Gasteiger partial charge in [0.2, 0.25) is 0 Å². The van der Waals surface area contributed by atoms with Gasteiger partial charge in [-0.1, -0.05) is 12.1 Å². The summed E-state index contributed by atoms with van der Waals surface area (Å²) in [4.78, 5) is 29.5. The van der Waals surface area contributed by atoms with E-state index >= 15 is 0 Å². The van der Waals surface area contributed by atoms with Crippen LogP contribution in [-0.2, 0) is 6.61 Å². The summed E-state index contributed by atoms with van der Waals surface area (Å²) >= 11 is 0. The van der Waals surface area contributed by atoms with Crippen molar-refractivity contribution in [2.75, 3.05) is 17.2 Å². The van der Waals surface area contributed by atoms with E-state index in [4.69, 9.17) is 9.47 Å². The van der Waals surface area contributed by atoms with Crippen molar-refractivity contribution in [3.05, 3.63) is 114 Å². The number of rotatable bonds is 9. The molecule has 4 aromatic rings. The van der Waals surface area contributed by atoms with E-state index in [-0.39, 0.29) is 5.91 Å². The zero-order valence-electron chi connectivity index (χ0n) is 19.5. The molecular weight excluding hydrogens is 461 g/mol. The summed E-state index contributed by atoms with van der Waals surface area (Å²) in [6.45, 7) is 2.58. The second-order valence-corrected chi connectivity index (χ2v) is 7.74. The molecule has 8 heteroatoms. The number of carbonyl (C=O) groups is 2. The van der Waals surface area contributed by atoms with Crippen LogP contribution in [0.3, 0.4) is 0 Å². The molecule has 0 radical (unpaired) electrons. The molecule has 0 aliphatic rings. The lowest BCUT2D eigenvalue weighted by atomic mass is 10.1. The molecule has 0 bridgehead atoms. The Bertz CT molecular complexity index is 1360. The topological polar surface area (TPSA) is 89.5 Å². The van der Waals surface area contributed by atoms with Crippen LogP contribution >= 0.6 is 0 Å². The summed E-state index contributed by atoms with van der Waals surface area (Å²) in [7, 11) is 0. The van der Waals surface area contributed by atoms with Crippen molar-refractivity contribution in [3.63, 3.8) is 0 Å². The van der Waals surface area contributed by atoms with E-state index in [1.165, 1.54) is 18.2 Å². The number of pyridine rings is 1. The van der Waals surface area contributed by atoms with Gasteiger partial charge in [0.25, 0.3) is 11.8 Å². The minimum Gasteiger partial charge on any atom is -0.490 e. The maximum Gasteiger partial charge on any atom is 0.255 e. The van der Waals surface area contributed by atoms with Crippen molar-refractivity contribution in [1.82, 2.24) is 4.98 Å². The second kappa shape index (κ2) is 11.6. The van der Waals surface area contributed by atoms with E-state index < -0.39 is 11.7 Å². The number of halogens is 1. The van der Waals surface area contributed by atoms with Gasteiger partial charge in [0.1, 0.15) is 12.4 Å². The molecule has 0 aliphatic carbocycles. The van der Waals surface area contributed by atoms with Gasteiger partial charge in [-0.05, 0) is 79.2 Å². The lowest BCUT2D eigenvalue weighted by Crippen LogP contribution is -2.15. The molecule has 0 saturated carbocycles. The average molecular weight is 486 g/mol. The van der Waals surface area contributed by atoms with Gasteiger partial charge in [0.05, 0.1) is 6.61 Å². The molecule has 0 fully saturated rings. The van der Waals surface area contributed by atoms with E-state index in [9.17, 15) is 14.0 Å². The van der Waals surface area contributed by atoms with Crippen LogP contribution < -0.4 is 20.1 Å². The van der Waals surface area contributed by atoms with Crippen LogP contribution in [0.15, 0.2) is 91.3 Å². The van der Waals surface area contributed by atoms with Crippen molar-refractivity contribution in [2.45, 2.75) is 13.5 Å². The van der Waals surface area contributed by atoms with Crippen LogP contribution in [0.2, 0.25) is 0 Å². The number of ether oxygens (including phenoxy) is 2. The van der Waals surface area contributed by atoms with Crippen molar-refractivity contribution in [3.8, 4) is 11.5 Å². The fraction of sp³-hybridized carbons (Fsp3) is 0.107. The van der Waals surface area contributed by atoms with Crippen LogP contribution in [-0.4, -0.2) is 23.4 Å². The summed E-state index contributed by atoms with van der Waals surface area (Å²) in [6.07, 6.45) is 3.38. The average Bonchev–Trinajstić information content (AvgIpc) is 2.89. The van der Waals surface area contributed by atoms with E-state index in [2.05, 4.69) is 15.6 Å². The summed E-state index contributed by atoms with van der Waals surface area (Å²) in [5, 5.41) is 5.43. The van der Waals surface area contributed by atoms with E-state index in [1.54, 1.807) is 60.9 Å². The normalized spacial score (nSPS) is 10.4. The third-order valence-corrected chi connectivity index (χ3v) is 5.11. The number of nitrogens with zero attached hydrogens (tertiary/aromatic N) is 1. The Balaban J connectivity index is 1.44. The number of anilines is 2. The molecule has 36 heavy (non-hydrogen) atoms. The molecule has 3 aromatic carbocycles. The first kappa shape index (κ1) is 24.4. The van der Waals surface area contributed by atoms with Gasteiger partial charge in [0.15, 0.2) is 11.5 Å². The molecule has 4 rings (SSSR count). The molecular formula is C28H24FN3O4. The Hall–Kier alpha value is -4.72. The van der Waals surface area contributed by atoms with Gasteiger partial charge >= 0.3 is 0 Å². The van der Waals surface area contributed by atoms with Crippen molar-refractivity contribution in [1.29, 1.82) is 0 Å². The minimum atomic E-state index is -0.450. The number of hydrogen-bond donors (Lipinski definition) is 2. The van der Waals surface area contributed by atoms with E-state index in [1.807, 2.05) is 19.1 Å². The fourth-order valence-corrected chi connectivity index (χ4v) is 3.39. The molecule has 0 spiro atoms. The zero-order chi connectivity index (χ0) is 25.3. The molecule has 0 saturated heterocycles. The number of amides is 2. The highest BCUT2D eigenvalue weighted by Gasteiger charge is 2.14. The molecule has 0 atom stereocenters. The minimum absolute atomic E-state index is 0.312. The molecule has 7 nitrogen and oxygen atoms in total. The standard InChI is InChI=1S/C28H24FN3O4/c1-2-35-26-16-21(9-10-25(26)36-18-19-11-13-30-14-12-19)28(34)31-23-7-3-5-20(15-23)27(33)32-24-8-4-6-22(29)17-24/h3-17H,2,18H2,1H3,(H,31,34)(H,32,33). The first-order valence-electron chi connectivity index (χ1n) is 11.3. The van der Waals surface area contributed by atoms with E-state index in [0.29, 0.717) is 47.2 Å². The number of hydrogen-bond acceptors (Lipinski definition) is 5. The number of benzene rings is 3. The van der Waals surface area contributed by atoms with Crippen molar-refractivity contribution < 1.29 is 23.5 Å². The predicted molar refractivity (Wildman–Crippen MR) is 135 cm³/mol. The number of aromatic nitrogens is 1. The van der Waals surface area contributed by atoms with Gasteiger partial charge in [0, 0.05) is 34.9 Å². The van der Waals surface area contributed by atoms with Gasteiger partial charge in [-0.2, -0.15) is 0 Å². The second-order valence-electron chi connectivity index (χ2n) is 7.74. The first-order chi connectivity index (χ1) is 17.5. The third-order valence-electron chi connectivity index (χ3n) is 5.11. The summed E-state index contributed by atoms with van der Waals surface area (Å²) in [6, 6.07) is 20.7. The zero-order valence-corrected chi connectivity index (χ0v) is 19.5. The van der Waals surface area contributed by atoms with Gasteiger partial charge < -0.3 is 20.1 Å². The summed E-state index contributed by atoms with van der Waals surface area (Å²) in [5.41, 5.74) is 2.40. The lowest BCUT2D eigenvalue weighted by Gasteiger charge is -2.14. The molecule has 0 aliphatic heterocycles. The highest BCUT2D eigenvalue weighted by atomic mass is 19.1. The SMILES string of the molecule is CCOc1cc(C(=O)Nc2cccc(C(=O)Nc3cccc(F)c3)c2)ccc1OCc1ccncc1. The van der Waals surface area contributed by atoms with Crippen LogP contribution in [0.25, 0.3) is 0 Å². The van der Waals surface area contributed by atoms with Crippen LogP contribution in [0.4, 0.5) is 15.8 Å². The third kappa shape index (κ3) is 6.44. The lowest BCUT2D eigenvalue weighted by molar-refractivity contribution is 0.101. The first-order valence-corrected chi connectivity index (χ1v) is 11.3. The molecule has 1 heterocycles. The van der Waals surface area contributed by atoms with Gasteiger partial charge in [-0.25, -0.2) is 4.39 Å². The summed E-state index contributed by atoms with van der Waals surface area (Å²) < 4.78 is 25.0. The highest BCUT2D eigenvalue weighted by molar-refractivity contribution is 6.07. The van der Waals surface area contributed by atoms with Crippen molar-refractivity contribution in [2.24, 2.45) is 0 Å². The van der Waals surface area contributed by atoms with Crippen LogP contribution in [0, 0.1) is 5.82 Å². The Morgan fingerprint density at radius 3 is 2.14 bits per heavy atom. The Kier molecular flexibility index (Phi) is 7.87. The quantitative estimate of drug-likeness (QED) is 0.317. The largest absolute Gasteiger partial charge is 0.490 e. The smallest absolute Gasteiger partial charge is 0.255 e. The Morgan fingerprint density at radius 2 is 1.44 bits per heavy atom. The Morgan fingerprint density at radius 1 is 0.778 bits per heavy atom. The highest BCUT2D eigenvalue weighted by Crippen LogP contribution is 2.30. The van der Waals surface area contributed by atoms with Crippen LogP contribution in [0.5, 0.6) is 11.5 Å². The Labute approximate surface area is 207 Å². The maximum atomic E-state index is 13.4. The fourth-order valence-electron chi connectivity index (χ4n) is 3.39. The van der Waals surface area contributed by atoms with Gasteiger partial charge in [-0.3, -0.25) is 14.6 Å². The number of nitrogens with one attached hydrogen (secondary N) is 2. The summed E-state index contributed by atoms with van der Waals surface area (Å²) in [5.74, 6) is -0.289. The van der Waals surface area contributed by atoms with E-state index in [0.717, 1.165) is 5.56 Å². The number of carbonyl (C=O) groups excluding carboxylic acids is 2.